The number of nitrogens with zero attached hydrogens (tertiary/aromatic N) is 2. The average Bonchev–Trinajstić information content (AvgIpc) is 2.88. The van der Waals surface area contributed by atoms with Crippen LogP contribution in [-0.2, 0) is 4.79 Å². The second kappa shape index (κ2) is 9.83. The number of amides is 1. The Morgan fingerprint density at radius 3 is 2.32 bits per heavy atom. The van der Waals surface area contributed by atoms with E-state index in [2.05, 4.69) is 4.90 Å². The Bertz CT molecular complexity index is 551. The molecule has 3 rings (SSSR count). The molecular weight excluding hydrogens is 385 g/mol. The van der Waals surface area contributed by atoms with Crippen molar-refractivity contribution in [1.82, 2.24) is 9.80 Å². The number of nitrogens with two attached hydrogens (primary N) is 1. The summed E-state index contributed by atoms with van der Waals surface area (Å²) >= 11 is 5.88. The molecule has 2 aliphatic rings. The zero-order valence-electron chi connectivity index (χ0n) is 14.3. The molecule has 0 aliphatic carbocycles. The van der Waals surface area contributed by atoms with Crippen LogP contribution in [0.15, 0.2) is 24.3 Å². The molecule has 0 radical (unpaired) electrons. The van der Waals surface area contributed by atoms with Crippen molar-refractivity contribution >= 4 is 42.3 Å². The number of hydrogen-bond acceptors (Lipinski definition) is 4. The van der Waals surface area contributed by atoms with Crippen LogP contribution in [-0.4, -0.2) is 60.6 Å². The quantitative estimate of drug-likeness (QED) is 0.832. The molecule has 0 aromatic heterocycles. The van der Waals surface area contributed by atoms with Crippen molar-refractivity contribution in [3.63, 3.8) is 0 Å². The molecular formula is C17H26Cl3N3O2. The van der Waals surface area contributed by atoms with Gasteiger partial charge in [-0.3, -0.25) is 9.69 Å². The molecule has 1 aromatic rings. The van der Waals surface area contributed by atoms with Gasteiger partial charge in [-0.05, 0) is 37.7 Å². The van der Waals surface area contributed by atoms with Crippen molar-refractivity contribution in [2.24, 2.45) is 5.73 Å². The van der Waals surface area contributed by atoms with E-state index in [-0.39, 0.29) is 48.9 Å². The fraction of sp³-hybridized carbons (Fsp3) is 0.588. The van der Waals surface area contributed by atoms with Gasteiger partial charge < -0.3 is 15.4 Å². The highest BCUT2D eigenvalue weighted by molar-refractivity contribution is 6.30. The number of likely N-dealkylation sites (N-methyl/N-ethyl adjacent to an activating group) is 1. The summed E-state index contributed by atoms with van der Waals surface area (Å²) in [5.74, 6) is 1.05. The van der Waals surface area contributed by atoms with E-state index in [4.69, 9.17) is 22.1 Å². The number of rotatable bonds is 3. The molecule has 1 amide bonds. The van der Waals surface area contributed by atoms with Gasteiger partial charge in [0.15, 0.2) is 0 Å². The SMILES string of the molecule is CN1C[C@@H](N)C[C@H]1C(=O)N1CCC(Oc2ccc(Cl)cc2)CC1.Cl.Cl. The number of benzene rings is 1. The van der Waals surface area contributed by atoms with Crippen LogP contribution in [0.1, 0.15) is 19.3 Å². The van der Waals surface area contributed by atoms with E-state index in [0.29, 0.717) is 5.02 Å². The maximum atomic E-state index is 12.6. The molecule has 2 atom stereocenters. The molecule has 25 heavy (non-hydrogen) atoms. The average molecular weight is 411 g/mol. The molecule has 0 bridgehead atoms. The zero-order valence-corrected chi connectivity index (χ0v) is 16.7. The highest BCUT2D eigenvalue weighted by Gasteiger charge is 2.36. The van der Waals surface area contributed by atoms with E-state index >= 15 is 0 Å². The Hall–Kier alpha value is -0.720. The second-order valence-corrected chi connectivity index (χ2v) is 6.98. The molecule has 2 saturated heterocycles. The zero-order chi connectivity index (χ0) is 16.4. The summed E-state index contributed by atoms with van der Waals surface area (Å²) < 4.78 is 5.97. The lowest BCUT2D eigenvalue weighted by Gasteiger charge is -2.34. The number of carbonyl (C=O) groups excluding carboxylic acids is 1. The van der Waals surface area contributed by atoms with Gasteiger partial charge in [0.2, 0.25) is 5.91 Å². The van der Waals surface area contributed by atoms with Crippen LogP contribution in [0.25, 0.3) is 0 Å². The molecule has 0 spiro atoms. The monoisotopic (exact) mass is 409 g/mol. The van der Waals surface area contributed by atoms with Gasteiger partial charge in [-0.25, -0.2) is 0 Å². The fourth-order valence-corrected chi connectivity index (χ4v) is 3.56. The van der Waals surface area contributed by atoms with Crippen molar-refractivity contribution in [3.05, 3.63) is 29.3 Å². The summed E-state index contributed by atoms with van der Waals surface area (Å²) in [7, 11) is 1.98. The molecule has 1 aromatic carbocycles. The minimum absolute atomic E-state index is 0. The van der Waals surface area contributed by atoms with Gasteiger partial charge in [-0.15, -0.1) is 24.8 Å². The minimum atomic E-state index is -0.0567. The Morgan fingerprint density at radius 1 is 1.20 bits per heavy atom. The molecule has 0 unspecified atom stereocenters. The molecule has 2 heterocycles. The van der Waals surface area contributed by atoms with E-state index in [1.165, 1.54) is 0 Å². The van der Waals surface area contributed by atoms with Crippen LogP contribution in [0.2, 0.25) is 5.02 Å². The standard InChI is InChI=1S/C17H24ClN3O2.2ClH/c1-20-11-13(19)10-16(20)17(22)21-8-6-15(7-9-21)23-14-4-2-12(18)3-5-14;;/h2-5,13,15-16H,6-11,19H2,1H3;2*1H/t13-,16-;;/m0../s1. The van der Waals surface area contributed by atoms with Crippen LogP contribution < -0.4 is 10.5 Å². The van der Waals surface area contributed by atoms with Crippen LogP contribution in [0.5, 0.6) is 5.75 Å². The van der Waals surface area contributed by atoms with Gasteiger partial charge in [0, 0.05) is 43.5 Å². The number of carbonyl (C=O) groups is 1. The normalized spacial score (nSPS) is 24.4. The summed E-state index contributed by atoms with van der Waals surface area (Å²) in [6.45, 7) is 2.29. The Morgan fingerprint density at radius 2 is 1.80 bits per heavy atom. The fourth-order valence-electron chi connectivity index (χ4n) is 3.44. The first-order valence-corrected chi connectivity index (χ1v) is 8.57. The smallest absolute Gasteiger partial charge is 0.239 e. The summed E-state index contributed by atoms with van der Waals surface area (Å²) in [6, 6.07) is 7.48. The molecule has 0 saturated carbocycles. The van der Waals surface area contributed by atoms with Gasteiger partial charge >= 0.3 is 0 Å². The summed E-state index contributed by atoms with van der Waals surface area (Å²) in [5.41, 5.74) is 5.96. The topological polar surface area (TPSA) is 58.8 Å². The van der Waals surface area contributed by atoms with Crippen LogP contribution in [0.4, 0.5) is 0 Å². The molecule has 2 N–H and O–H groups in total. The minimum Gasteiger partial charge on any atom is -0.490 e. The first-order valence-electron chi connectivity index (χ1n) is 8.20. The van der Waals surface area contributed by atoms with Gasteiger partial charge in [0.25, 0.3) is 0 Å². The largest absolute Gasteiger partial charge is 0.490 e. The van der Waals surface area contributed by atoms with Crippen molar-refractivity contribution in [1.29, 1.82) is 0 Å². The number of halogens is 3. The lowest BCUT2D eigenvalue weighted by atomic mass is 10.1. The summed E-state index contributed by atoms with van der Waals surface area (Å²) in [6.07, 6.45) is 2.63. The summed E-state index contributed by atoms with van der Waals surface area (Å²) in [4.78, 5) is 16.7. The van der Waals surface area contributed by atoms with Gasteiger partial charge in [-0.1, -0.05) is 11.6 Å². The number of hydrogen-bond donors (Lipinski definition) is 1. The van der Waals surface area contributed by atoms with Crippen molar-refractivity contribution in [3.8, 4) is 5.75 Å². The maximum Gasteiger partial charge on any atom is 0.239 e. The van der Waals surface area contributed by atoms with E-state index in [1.54, 1.807) is 0 Å². The lowest BCUT2D eigenvalue weighted by Crippen LogP contribution is -2.48. The first kappa shape index (κ1) is 22.3. The second-order valence-electron chi connectivity index (χ2n) is 6.55. The summed E-state index contributed by atoms with van der Waals surface area (Å²) in [5, 5.41) is 0.705. The van der Waals surface area contributed by atoms with Crippen molar-refractivity contribution in [2.75, 3.05) is 26.7 Å². The Labute approximate surface area is 166 Å². The van der Waals surface area contributed by atoms with Crippen LogP contribution in [0, 0.1) is 0 Å². The third-order valence-electron chi connectivity index (χ3n) is 4.74. The van der Waals surface area contributed by atoms with Crippen LogP contribution >= 0.6 is 36.4 Å². The van der Waals surface area contributed by atoms with Crippen LogP contribution in [0.3, 0.4) is 0 Å². The highest BCUT2D eigenvalue weighted by Crippen LogP contribution is 2.23. The van der Waals surface area contributed by atoms with E-state index < -0.39 is 0 Å². The third-order valence-corrected chi connectivity index (χ3v) is 4.99. The maximum absolute atomic E-state index is 12.6. The predicted molar refractivity (Wildman–Crippen MR) is 105 cm³/mol. The number of ether oxygens (including phenoxy) is 1. The number of likely N-dealkylation sites (tertiary alicyclic amines) is 2. The highest BCUT2D eigenvalue weighted by atomic mass is 35.5. The molecule has 2 fully saturated rings. The van der Waals surface area contributed by atoms with E-state index in [1.807, 2.05) is 36.2 Å². The van der Waals surface area contributed by atoms with Gasteiger partial charge in [0.1, 0.15) is 11.9 Å². The van der Waals surface area contributed by atoms with Gasteiger partial charge in [-0.2, -0.15) is 0 Å². The first-order chi connectivity index (χ1) is 11.0. The number of piperidine rings is 1. The van der Waals surface area contributed by atoms with Crippen molar-refractivity contribution in [2.45, 2.75) is 37.5 Å². The van der Waals surface area contributed by atoms with E-state index in [9.17, 15) is 4.79 Å². The molecule has 5 nitrogen and oxygen atoms in total. The molecule has 8 heteroatoms. The lowest BCUT2D eigenvalue weighted by molar-refractivity contribution is -0.137. The van der Waals surface area contributed by atoms with Crippen molar-refractivity contribution < 1.29 is 9.53 Å². The van der Waals surface area contributed by atoms with E-state index in [0.717, 1.165) is 44.6 Å². The predicted octanol–water partition coefficient (Wildman–Crippen LogP) is 2.58. The molecule has 2 aliphatic heterocycles. The third kappa shape index (κ3) is 5.63. The van der Waals surface area contributed by atoms with Gasteiger partial charge in [0.05, 0.1) is 6.04 Å². The Balaban J connectivity index is 0.00000156. The molecule has 142 valence electrons. The Kier molecular flexibility index (Phi) is 8.78.